The van der Waals surface area contributed by atoms with Crippen LogP contribution in [0.2, 0.25) is 0 Å². The lowest BCUT2D eigenvalue weighted by Gasteiger charge is -2.32. The van der Waals surface area contributed by atoms with Crippen molar-refractivity contribution in [2.45, 2.75) is 29.2 Å². The van der Waals surface area contributed by atoms with E-state index < -0.39 is 10.0 Å². The van der Waals surface area contributed by atoms with Gasteiger partial charge in [0.2, 0.25) is 10.0 Å². The minimum atomic E-state index is -3.51. The van der Waals surface area contributed by atoms with Crippen LogP contribution in [0.4, 0.5) is 0 Å². The Hall–Kier alpha value is -1.54. The van der Waals surface area contributed by atoms with E-state index in [1.165, 1.54) is 17.6 Å². The largest absolute Gasteiger partial charge is 0.497 e. The molecule has 152 valence electrons. The van der Waals surface area contributed by atoms with Crippen LogP contribution in [0.15, 0.2) is 58.3 Å². The third-order valence-corrected chi connectivity index (χ3v) is 7.47. The summed E-state index contributed by atoms with van der Waals surface area (Å²) in [5.74, 6) is 0.911. The van der Waals surface area contributed by atoms with Gasteiger partial charge in [0.15, 0.2) is 0 Å². The molecule has 1 fully saturated rings. The molecule has 3 rings (SSSR count). The van der Waals surface area contributed by atoms with Crippen molar-refractivity contribution < 1.29 is 13.2 Å². The van der Waals surface area contributed by atoms with Gasteiger partial charge in [-0.1, -0.05) is 24.3 Å². The number of benzene rings is 2. The first kappa shape index (κ1) is 21.2. The molecule has 0 bridgehead atoms. The van der Waals surface area contributed by atoms with Crippen LogP contribution >= 0.6 is 11.8 Å². The highest BCUT2D eigenvalue weighted by molar-refractivity contribution is 7.98. The van der Waals surface area contributed by atoms with E-state index in [0.29, 0.717) is 18.2 Å². The summed E-state index contributed by atoms with van der Waals surface area (Å²) >= 11 is 1.78. The monoisotopic (exact) mass is 420 g/mol. The Morgan fingerprint density at radius 3 is 2.61 bits per heavy atom. The molecule has 5 nitrogen and oxygen atoms in total. The molecule has 1 saturated heterocycles. The van der Waals surface area contributed by atoms with Gasteiger partial charge in [0, 0.05) is 24.1 Å². The number of ether oxygens (including phenoxy) is 1. The normalized spacial score (nSPS) is 16.2. The Kier molecular flexibility index (Phi) is 7.40. The molecule has 0 aliphatic carbocycles. The molecule has 2 aromatic carbocycles. The Balaban J connectivity index is 1.50. The van der Waals surface area contributed by atoms with E-state index in [9.17, 15) is 8.42 Å². The molecule has 1 heterocycles. The lowest BCUT2D eigenvalue weighted by molar-refractivity contribution is 0.177. The van der Waals surface area contributed by atoms with E-state index in [1.54, 1.807) is 36.0 Å². The average molecular weight is 421 g/mol. The highest BCUT2D eigenvalue weighted by Gasteiger charge is 2.22. The molecular formula is C21H28N2O3S2. The summed E-state index contributed by atoms with van der Waals surface area (Å²) in [5.41, 5.74) is 1.37. The molecule has 0 atom stereocenters. The first-order valence-corrected chi connectivity index (χ1v) is 12.2. The number of sulfonamides is 1. The van der Waals surface area contributed by atoms with Gasteiger partial charge >= 0.3 is 0 Å². The van der Waals surface area contributed by atoms with Crippen LogP contribution in [-0.2, 0) is 16.6 Å². The number of nitrogens with zero attached hydrogens (tertiary/aromatic N) is 1. The second kappa shape index (κ2) is 9.78. The first-order chi connectivity index (χ1) is 13.5. The van der Waals surface area contributed by atoms with Crippen LogP contribution in [0.1, 0.15) is 18.4 Å². The molecule has 0 amide bonds. The third-order valence-electron chi connectivity index (χ3n) is 5.21. The zero-order chi connectivity index (χ0) is 20.0. The van der Waals surface area contributed by atoms with Crippen LogP contribution in [0, 0.1) is 5.92 Å². The predicted octanol–water partition coefficient (Wildman–Crippen LogP) is 3.61. The van der Waals surface area contributed by atoms with Gasteiger partial charge in [0.25, 0.3) is 0 Å². The summed E-state index contributed by atoms with van der Waals surface area (Å²) in [4.78, 5) is 4.04. The lowest BCUT2D eigenvalue weighted by Crippen LogP contribution is -2.38. The maximum absolute atomic E-state index is 12.5. The summed E-state index contributed by atoms with van der Waals surface area (Å²) in [7, 11) is -1.98. The van der Waals surface area contributed by atoms with Crippen molar-refractivity contribution in [3.8, 4) is 5.75 Å². The fraction of sp³-hybridized carbons (Fsp3) is 0.429. The summed E-state index contributed by atoms with van der Waals surface area (Å²) in [6.45, 7) is 3.43. The molecular weight excluding hydrogens is 392 g/mol. The maximum atomic E-state index is 12.5. The van der Waals surface area contributed by atoms with Gasteiger partial charge in [0.1, 0.15) is 5.75 Å². The van der Waals surface area contributed by atoms with Gasteiger partial charge in [-0.2, -0.15) is 0 Å². The van der Waals surface area contributed by atoms with Crippen molar-refractivity contribution in [1.29, 1.82) is 0 Å². The second-order valence-corrected chi connectivity index (χ2v) is 9.68. The maximum Gasteiger partial charge on any atom is 0.240 e. The van der Waals surface area contributed by atoms with Crippen molar-refractivity contribution in [3.05, 3.63) is 54.1 Å². The van der Waals surface area contributed by atoms with E-state index >= 15 is 0 Å². The van der Waals surface area contributed by atoms with Crippen LogP contribution in [-0.4, -0.2) is 46.3 Å². The molecule has 2 aromatic rings. The molecule has 0 unspecified atom stereocenters. The zero-order valence-electron chi connectivity index (χ0n) is 16.4. The van der Waals surface area contributed by atoms with E-state index in [0.717, 1.165) is 32.5 Å². The highest BCUT2D eigenvalue weighted by atomic mass is 32.2. The lowest BCUT2D eigenvalue weighted by atomic mass is 9.97. The molecule has 1 aliphatic rings. The molecule has 7 heteroatoms. The first-order valence-electron chi connectivity index (χ1n) is 9.50. The molecule has 0 spiro atoms. The average Bonchev–Trinajstić information content (AvgIpc) is 2.74. The Morgan fingerprint density at radius 1 is 1.14 bits per heavy atom. The highest BCUT2D eigenvalue weighted by Crippen LogP contribution is 2.24. The van der Waals surface area contributed by atoms with Gasteiger partial charge in [-0.15, -0.1) is 11.8 Å². The number of hydrogen-bond acceptors (Lipinski definition) is 5. The van der Waals surface area contributed by atoms with E-state index in [4.69, 9.17) is 4.74 Å². The number of hydrogen-bond donors (Lipinski definition) is 1. The number of likely N-dealkylation sites (tertiary alicyclic amines) is 1. The topological polar surface area (TPSA) is 58.6 Å². The Morgan fingerprint density at radius 2 is 1.89 bits per heavy atom. The van der Waals surface area contributed by atoms with Crippen molar-refractivity contribution in [1.82, 2.24) is 9.62 Å². The van der Waals surface area contributed by atoms with Gasteiger partial charge in [-0.25, -0.2) is 13.1 Å². The van der Waals surface area contributed by atoms with E-state index in [2.05, 4.69) is 40.1 Å². The van der Waals surface area contributed by atoms with Crippen LogP contribution in [0.5, 0.6) is 5.75 Å². The number of rotatable bonds is 8. The summed E-state index contributed by atoms with van der Waals surface area (Å²) < 4.78 is 33.0. The van der Waals surface area contributed by atoms with Crippen molar-refractivity contribution in [3.63, 3.8) is 0 Å². The second-order valence-electron chi connectivity index (χ2n) is 7.06. The summed E-state index contributed by atoms with van der Waals surface area (Å²) in [6, 6.07) is 15.1. The molecule has 0 aromatic heterocycles. The SMILES string of the molecule is COc1cccc(S(=O)(=O)NCC2CCN(Cc3ccccc3SC)CC2)c1. The smallest absolute Gasteiger partial charge is 0.240 e. The quantitative estimate of drug-likeness (QED) is 0.661. The van der Waals surface area contributed by atoms with Crippen LogP contribution in [0.3, 0.4) is 0 Å². The minimum Gasteiger partial charge on any atom is -0.497 e. The molecule has 28 heavy (non-hydrogen) atoms. The number of thioether (sulfide) groups is 1. The third kappa shape index (κ3) is 5.50. The molecule has 1 aliphatic heterocycles. The van der Waals surface area contributed by atoms with Gasteiger partial charge in [0.05, 0.1) is 12.0 Å². The zero-order valence-corrected chi connectivity index (χ0v) is 18.1. The standard InChI is InChI=1S/C21H28N2O3S2/c1-26-19-7-5-8-20(14-19)28(24,25)22-15-17-10-12-23(13-11-17)16-18-6-3-4-9-21(18)27-2/h3-9,14,17,22H,10-13,15-16H2,1-2H3. The van der Waals surface area contributed by atoms with Crippen LogP contribution < -0.4 is 9.46 Å². The molecule has 0 saturated carbocycles. The van der Waals surface area contributed by atoms with Gasteiger partial charge in [-0.3, -0.25) is 4.90 Å². The predicted molar refractivity (Wildman–Crippen MR) is 114 cm³/mol. The van der Waals surface area contributed by atoms with Crippen LogP contribution in [0.25, 0.3) is 0 Å². The summed E-state index contributed by atoms with van der Waals surface area (Å²) in [5, 5.41) is 0. The number of nitrogens with one attached hydrogen (secondary N) is 1. The number of methoxy groups -OCH3 is 1. The van der Waals surface area contributed by atoms with Gasteiger partial charge < -0.3 is 4.74 Å². The minimum absolute atomic E-state index is 0.248. The number of piperidine rings is 1. The Bertz CT molecular complexity index is 879. The van der Waals surface area contributed by atoms with Crippen molar-refractivity contribution in [2.24, 2.45) is 5.92 Å². The fourth-order valence-electron chi connectivity index (χ4n) is 3.50. The van der Waals surface area contributed by atoms with Crippen molar-refractivity contribution in [2.75, 3.05) is 33.0 Å². The van der Waals surface area contributed by atoms with E-state index in [-0.39, 0.29) is 4.90 Å². The van der Waals surface area contributed by atoms with Gasteiger partial charge in [-0.05, 0) is 61.9 Å². The molecule has 1 N–H and O–H groups in total. The van der Waals surface area contributed by atoms with Crippen molar-refractivity contribution >= 4 is 21.8 Å². The van der Waals surface area contributed by atoms with E-state index in [1.807, 2.05) is 0 Å². The fourth-order valence-corrected chi connectivity index (χ4v) is 5.26. The summed E-state index contributed by atoms with van der Waals surface area (Å²) in [6.07, 6.45) is 4.11. The molecule has 0 radical (unpaired) electrons. The Labute approximate surface area is 172 Å².